The zero-order valence-corrected chi connectivity index (χ0v) is 14.1. The van der Waals surface area contributed by atoms with Gasteiger partial charge in [-0.15, -0.1) is 0 Å². The SMILES string of the molecule is CCOc1ccccc1C(=O)N[C@H]1C[C@@H]2CC[C@@]1(C)C2(C)C. The number of nitrogens with one attached hydrogen (secondary N) is 1. The first-order chi connectivity index (χ1) is 10.4. The molecule has 2 fully saturated rings. The Hall–Kier alpha value is -1.51. The molecule has 120 valence electrons. The van der Waals surface area contributed by atoms with E-state index in [1.165, 1.54) is 12.8 Å². The summed E-state index contributed by atoms with van der Waals surface area (Å²) in [6.45, 7) is 9.59. The van der Waals surface area contributed by atoms with Gasteiger partial charge < -0.3 is 10.1 Å². The van der Waals surface area contributed by atoms with Gasteiger partial charge in [0.1, 0.15) is 5.75 Å². The molecule has 1 amide bonds. The van der Waals surface area contributed by atoms with Crippen LogP contribution in [-0.4, -0.2) is 18.6 Å². The molecule has 0 radical (unpaired) electrons. The van der Waals surface area contributed by atoms with Gasteiger partial charge in [0.15, 0.2) is 0 Å². The Kier molecular flexibility index (Phi) is 3.70. The predicted molar refractivity (Wildman–Crippen MR) is 88.1 cm³/mol. The lowest BCUT2D eigenvalue weighted by Gasteiger charge is -2.39. The van der Waals surface area contributed by atoms with Gasteiger partial charge in [-0.3, -0.25) is 4.79 Å². The van der Waals surface area contributed by atoms with Crippen LogP contribution in [0.5, 0.6) is 5.75 Å². The molecule has 3 nitrogen and oxygen atoms in total. The monoisotopic (exact) mass is 301 g/mol. The molecule has 3 heteroatoms. The van der Waals surface area contributed by atoms with E-state index in [9.17, 15) is 4.79 Å². The lowest BCUT2D eigenvalue weighted by atomic mass is 9.69. The van der Waals surface area contributed by atoms with Gasteiger partial charge in [0.25, 0.3) is 5.91 Å². The molecule has 22 heavy (non-hydrogen) atoms. The molecule has 3 rings (SSSR count). The van der Waals surface area contributed by atoms with Crippen molar-refractivity contribution in [2.45, 2.75) is 53.0 Å². The molecule has 0 aromatic heterocycles. The van der Waals surface area contributed by atoms with Crippen molar-refractivity contribution in [1.29, 1.82) is 0 Å². The van der Waals surface area contributed by atoms with Crippen LogP contribution in [0.3, 0.4) is 0 Å². The summed E-state index contributed by atoms with van der Waals surface area (Å²) in [4.78, 5) is 12.7. The Morgan fingerprint density at radius 3 is 2.64 bits per heavy atom. The largest absolute Gasteiger partial charge is 0.493 e. The lowest BCUT2D eigenvalue weighted by molar-refractivity contribution is 0.0823. The highest BCUT2D eigenvalue weighted by Gasteiger charge is 2.61. The summed E-state index contributed by atoms with van der Waals surface area (Å²) in [6.07, 6.45) is 3.61. The van der Waals surface area contributed by atoms with E-state index in [0.717, 1.165) is 12.3 Å². The second-order valence-corrected chi connectivity index (χ2v) is 7.57. The summed E-state index contributed by atoms with van der Waals surface area (Å²) in [5, 5.41) is 3.30. The van der Waals surface area contributed by atoms with E-state index in [4.69, 9.17) is 4.74 Å². The van der Waals surface area contributed by atoms with Crippen molar-refractivity contribution in [2.75, 3.05) is 6.61 Å². The molecular formula is C19H27NO2. The van der Waals surface area contributed by atoms with E-state index in [2.05, 4.69) is 26.1 Å². The van der Waals surface area contributed by atoms with Gasteiger partial charge in [0, 0.05) is 6.04 Å². The third-order valence-electron chi connectivity index (χ3n) is 6.53. The highest BCUT2D eigenvalue weighted by molar-refractivity contribution is 5.97. The Bertz CT molecular complexity index is 581. The molecule has 1 aromatic carbocycles. The smallest absolute Gasteiger partial charge is 0.255 e. The number of para-hydroxylation sites is 1. The number of hydrogen-bond acceptors (Lipinski definition) is 2. The summed E-state index contributed by atoms with van der Waals surface area (Å²) in [7, 11) is 0. The van der Waals surface area contributed by atoms with Gasteiger partial charge >= 0.3 is 0 Å². The topological polar surface area (TPSA) is 38.3 Å². The molecule has 0 aliphatic heterocycles. The van der Waals surface area contributed by atoms with Crippen LogP contribution in [0.25, 0.3) is 0 Å². The van der Waals surface area contributed by atoms with Crippen LogP contribution in [0.2, 0.25) is 0 Å². The minimum atomic E-state index is -0.00127. The molecule has 2 saturated carbocycles. The number of carbonyl (C=O) groups excluding carboxylic acids is 1. The first-order valence-corrected chi connectivity index (χ1v) is 8.43. The molecule has 3 atom stereocenters. The lowest BCUT2D eigenvalue weighted by Crippen LogP contribution is -2.46. The number of carbonyl (C=O) groups is 1. The Balaban J connectivity index is 1.79. The van der Waals surface area contributed by atoms with Gasteiger partial charge in [-0.25, -0.2) is 0 Å². The van der Waals surface area contributed by atoms with Crippen LogP contribution in [0, 0.1) is 16.7 Å². The third-order valence-corrected chi connectivity index (χ3v) is 6.53. The van der Waals surface area contributed by atoms with Crippen molar-refractivity contribution in [3.63, 3.8) is 0 Å². The summed E-state index contributed by atoms with van der Waals surface area (Å²) in [6, 6.07) is 7.78. The fourth-order valence-corrected chi connectivity index (χ4v) is 4.59. The Morgan fingerprint density at radius 2 is 2.05 bits per heavy atom. The molecule has 1 N–H and O–H groups in total. The number of hydrogen-bond donors (Lipinski definition) is 1. The number of fused-ring (bicyclic) bond motifs is 2. The number of benzene rings is 1. The first kappa shape index (κ1) is 15.4. The van der Waals surface area contributed by atoms with E-state index in [-0.39, 0.29) is 17.4 Å². The van der Waals surface area contributed by atoms with Crippen molar-refractivity contribution in [2.24, 2.45) is 16.7 Å². The summed E-state index contributed by atoms with van der Waals surface area (Å²) < 4.78 is 5.59. The van der Waals surface area contributed by atoms with Crippen molar-refractivity contribution in [3.05, 3.63) is 29.8 Å². The second kappa shape index (κ2) is 5.29. The normalized spacial score (nSPS) is 32.0. The Labute approximate surface area is 133 Å². The minimum absolute atomic E-state index is 0.00127. The molecule has 0 saturated heterocycles. The van der Waals surface area contributed by atoms with E-state index < -0.39 is 0 Å². The predicted octanol–water partition coefficient (Wildman–Crippen LogP) is 4.03. The van der Waals surface area contributed by atoms with Gasteiger partial charge in [-0.05, 0) is 55.1 Å². The van der Waals surface area contributed by atoms with E-state index in [1.807, 2.05) is 31.2 Å². The zero-order chi connectivity index (χ0) is 16.0. The zero-order valence-electron chi connectivity index (χ0n) is 14.1. The van der Waals surface area contributed by atoms with Gasteiger partial charge in [-0.1, -0.05) is 32.9 Å². The van der Waals surface area contributed by atoms with Crippen molar-refractivity contribution in [3.8, 4) is 5.75 Å². The molecule has 1 aromatic rings. The maximum absolute atomic E-state index is 12.7. The van der Waals surface area contributed by atoms with Crippen molar-refractivity contribution in [1.82, 2.24) is 5.32 Å². The summed E-state index contributed by atoms with van der Waals surface area (Å²) >= 11 is 0. The van der Waals surface area contributed by atoms with Crippen LogP contribution in [-0.2, 0) is 0 Å². The van der Waals surface area contributed by atoms with Gasteiger partial charge in [0.2, 0.25) is 0 Å². The molecule has 2 aliphatic carbocycles. The summed E-state index contributed by atoms with van der Waals surface area (Å²) in [5.41, 5.74) is 1.16. The van der Waals surface area contributed by atoms with Gasteiger partial charge in [0.05, 0.1) is 12.2 Å². The minimum Gasteiger partial charge on any atom is -0.493 e. The molecule has 0 unspecified atom stereocenters. The Morgan fingerprint density at radius 1 is 1.32 bits per heavy atom. The number of ether oxygens (including phenoxy) is 1. The highest BCUT2D eigenvalue weighted by Crippen LogP contribution is 2.65. The molecular weight excluding hydrogens is 274 g/mol. The average Bonchev–Trinajstić information content (AvgIpc) is 2.81. The van der Waals surface area contributed by atoms with Crippen LogP contribution in [0.15, 0.2) is 24.3 Å². The highest BCUT2D eigenvalue weighted by atomic mass is 16.5. The number of amides is 1. The second-order valence-electron chi connectivity index (χ2n) is 7.57. The first-order valence-electron chi connectivity index (χ1n) is 8.43. The molecule has 2 bridgehead atoms. The quantitative estimate of drug-likeness (QED) is 0.912. The molecule has 0 heterocycles. The fourth-order valence-electron chi connectivity index (χ4n) is 4.59. The fraction of sp³-hybridized carbons (Fsp3) is 0.632. The number of rotatable bonds is 4. The van der Waals surface area contributed by atoms with Crippen LogP contribution >= 0.6 is 0 Å². The van der Waals surface area contributed by atoms with Crippen molar-refractivity contribution < 1.29 is 9.53 Å². The maximum Gasteiger partial charge on any atom is 0.255 e. The maximum atomic E-state index is 12.7. The average molecular weight is 301 g/mol. The van der Waals surface area contributed by atoms with Gasteiger partial charge in [-0.2, -0.15) is 0 Å². The molecule has 2 aliphatic rings. The van der Waals surface area contributed by atoms with Crippen LogP contribution < -0.4 is 10.1 Å². The standard InChI is InChI=1S/C19H27NO2/c1-5-22-15-9-7-6-8-14(15)17(21)20-16-12-13-10-11-19(16,4)18(13,2)3/h6-9,13,16H,5,10-12H2,1-4H3,(H,20,21)/t13-,16-,19+/m0/s1. The molecule has 0 spiro atoms. The van der Waals surface area contributed by atoms with E-state index >= 15 is 0 Å². The van der Waals surface area contributed by atoms with E-state index in [1.54, 1.807) is 0 Å². The third kappa shape index (κ3) is 2.13. The van der Waals surface area contributed by atoms with Crippen molar-refractivity contribution >= 4 is 5.91 Å². The van der Waals surface area contributed by atoms with E-state index in [0.29, 0.717) is 23.3 Å². The van der Waals surface area contributed by atoms with Crippen LogP contribution in [0.4, 0.5) is 0 Å². The summed E-state index contributed by atoms with van der Waals surface area (Å²) in [5.74, 6) is 1.40. The van der Waals surface area contributed by atoms with Crippen LogP contribution in [0.1, 0.15) is 57.3 Å².